The number of para-hydroxylation sites is 1. The predicted octanol–water partition coefficient (Wildman–Crippen LogP) is 3.41. The molecule has 0 aliphatic heterocycles. The van der Waals surface area contributed by atoms with Crippen molar-refractivity contribution in [2.24, 2.45) is 0 Å². The van der Waals surface area contributed by atoms with Gasteiger partial charge in [0.05, 0.1) is 5.69 Å². The number of nitrogens with one attached hydrogen (secondary N) is 2. The van der Waals surface area contributed by atoms with Gasteiger partial charge in [0.2, 0.25) is 0 Å². The number of anilines is 1. The molecule has 92 valence electrons. The number of aryl methyl sites for hydroxylation is 1. The fraction of sp³-hybridized carbons (Fsp3) is 0.133. The fourth-order valence-corrected chi connectivity index (χ4v) is 2.14. The van der Waals surface area contributed by atoms with Gasteiger partial charge in [-0.1, -0.05) is 24.3 Å². The largest absolute Gasteiger partial charge is 0.508 e. The van der Waals surface area contributed by atoms with Crippen LogP contribution in [0.25, 0.3) is 11.1 Å². The first-order valence-corrected chi connectivity index (χ1v) is 5.78. The number of hydrogen-bond donors (Lipinski definition) is 3. The molecule has 0 saturated heterocycles. The summed E-state index contributed by atoms with van der Waals surface area (Å²) in [6.45, 7) is 1.96. The summed E-state index contributed by atoms with van der Waals surface area (Å²) in [5.41, 5.74) is 4.88. The maximum atomic E-state index is 9.46. The molecule has 0 aromatic heterocycles. The molecule has 2 aromatic rings. The quantitative estimate of drug-likeness (QED) is 0.720. The van der Waals surface area contributed by atoms with Crippen molar-refractivity contribution in [1.29, 1.82) is 5.41 Å². The first-order chi connectivity index (χ1) is 8.67. The molecule has 0 amide bonds. The van der Waals surface area contributed by atoms with Crippen LogP contribution in [0.15, 0.2) is 36.4 Å². The second-order valence-electron chi connectivity index (χ2n) is 4.16. The van der Waals surface area contributed by atoms with E-state index in [1.807, 2.05) is 38.2 Å². The van der Waals surface area contributed by atoms with Crippen LogP contribution in [0.4, 0.5) is 5.69 Å². The molecule has 0 unspecified atom stereocenters. The summed E-state index contributed by atoms with van der Waals surface area (Å²) in [7, 11) is 1.85. The van der Waals surface area contributed by atoms with Gasteiger partial charge in [0, 0.05) is 24.4 Å². The lowest BCUT2D eigenvalue weighted by molar-refractivity contribution is 0.475. The molecule has 0 aliphatic carbocycles. The molecule has 3 N–H and O–H groups in total. The Balaban J connectivity index is 2.67. The Kier molecular flexibility index (Phi) is 3.33. The third-order valence-corrected chi connectivity index (χ3v) is 3.00. The maximum absolute atomic E-state index is 9.46. The van der Waals surface area contributed by atoms with E-state index in [0.717, 1.165) is 27.9 Å². The van der Waals surface area contributed by atoms with Gasteiger partial charge in [0.15, 0.2) is 0 Å². The number of rotatable bonds is 3. The van der Waals surface area contributed by atoms with E-state index >= 15 is 0 Å². The van der Waals surface area contributed by atoms with Crippen LogP contribution in [-0.2, 0) is 0 Å². The van der Waals surface area contributed by atoms with Gasteiger partial charge < -0.3 is 15.8 Å². The predicted molar refractivity (Wildman–Crippen MR) is 75.7 cm³/mol. The number of hydrogen-bond acceptors (Lipinski definition) is 3. The number of aromatic hydroxyl groups is 1. The van der Waals surface area contributed by atoms with Crippen LogP contribution >= 0.6 is 0 Å². The smallest absolute Gasteiger partial charge is 0.115 e. The van der Waals surface area contributed by atoms with E-state index in [4.69, 9.17) is 5.41 Å². The van der Waals surface area contributed by atoms with Crippen molar-refractivity contribution in [3.05, 3.63) is 47.5 Å². The van der Waals surface area contributed by atoms with Gasteiger partial charge in [-0.3, -0.25) is 0 Å². The standard InChI is InChI=1S/C15H16N2O/c1-10-8-12(18)6-7-13(10)14-5-3-4-11(9-16)15(14)17-2/h3-9,16-18H,1-2H3. The van der Waals surface area contributed by atoms with E-state index in [9.17, 15) is 5.11 Å². The van der Waals surface area contributed by atoms with E-state index in [1.165, 1.54) is 6.21 Å². The van der Waals surface area contributed by atoms with Gasteiger partial charge >= 0.3 is 0 Å². The van der Waals surface area contributed by atoms with Gasteiger partial charge in [0.1, 0.15) is 5.75 Å². The highest BCUT2D eigenvalue weighted by Crippen LogP contribution is 2.33. The minimum absolute atomic E-state index is 0.269. The Morgan fingerprint density at radius 2 is 1.94 bits per heavy atom. The Hall–Kier alpha value is -2.29. The van der Waals surface area contributed by atoms with E-state index in [1.54, 1.807) is 12.1 Å². The first-order valence-electron chi connectivity index (χ1n) is 5.78. The summed E-state index contributed by atoms with van der Waals surface area (Å²) >= 11 is 0. The third-order valence-electron chi connectivity index (χ3n) is 3.00. The number of phenolic OH excluding ortho intramolecular Hbond substituents is 1. The molecule has 0 saturated carbocycles. The molecule has 3 nitrogen and oxygen atoms in total. The van der Waals surface area contributed by atoms with E-state index in [0.29, 0.717) is 0 Å². The van der Waals surface area contributed by atoms with Gasteiger partial charge in [-0.2, -0.15) is 0 Å². The molecule has 2 rings (SSSR count). The van der Waals surface area contributed by atoms with Crippen molar-refractivity contribution in [3.63, 3.8) is 0 Å². The van der Waals surface area contributed by atoms with Crippen molar-refractivity contribution in [2.75, 3.05) is 12.4 Å². The van der Waals surface area contributed by atoms with Crippen molar-refractivity contribution < 1.29 is 5.11 Å². The van der Waals surface area contributed by atoms with E-state index < -0.39 is 0 Å². The van der Waals surface area contributed by atoms with Crippen LogP contribution in [0, 0.1) is 12.3 Å². The zero-order valence-corrected chi connectivity index (χ0v) is 10.5. The molecule has 0 aliphatic rings. The Morgan fingerprint density at radius 3 is 2.56 bits per heavy atom. The third kappa shape index (κ3) is 2.07. The molecule has 0 bridgehead atoms. The normalized spacial score (nSPS) is 10.1. The van der Waals surface area contributed by atoms with Crippen molar-refractivity contribution in [3.8, 4) is 16.9 Å². The molecule has 2 aromatic carbocycles. The summed E-state index contributed by atoms with van der Waals surface area (Å²) in [5, 5.41) is 20.0. The average Bonchev–Trinajstić information content (AvgIpc) is 2.37. The van der Waals surface area contributed by atoms with Crippen LogP contribution in [-0.4, -0.2) is 18.4 Å². The highest BCUT2D eigenvalue weighted by molar-refractivity contribution is 5.94. The highest BCUT2D eigenvalue weighted by Gasteiger charge is 2.09. The molecule has 3 heteroatoms. The Morgan fingerprint density at radius 1 is 1.17 bits per heavy atom. The maximum Gasteiger partial charge on any atom is 0.115 e. The minimum atomic E-state index is 0.269. The van der Waals surface area contributed by atoms with Crippen LogP contribution in [0.2, 0.25) is 0 Å². The van der Waals surface area contributed by atoms with Crippen molar-refractivity contribution in [2.45, 2.75) is 6.92 Å². The second kappa shape index (κ2) is 4.92. The van der Waals surface area contributed by atoms with Gasteiger partial charge in [0.25, 0.3) is 0 Å². The Labute approximate surface area is 107 Å². The van der Waals surface area contributed by atoms with Crippen LogP contribution in [0.1, 0.15) is 11.1 Å². The lowest BCUT2D eigenvalue weighted by Crippen LogP contribution is -1.98. The summed E-state index contributed by atoms with van der Waals surface area (Å²) in [6.07, 6.45) is 1.34. The summed E-state index contributed by atoms with van der Waals surface area (Å²) in [4.78, 5) is 0. The van der Waals surface area contributed by atoms with Crippen molar-refractivity contribution in [1.82, 2.24) is 0 Å². The molecule has 0 heterocycles. The minimum Gasteiger partial charge on any atom is -0.508 e. The van der Waals surface area contributed by atoms with Gasteiger partial charge in [-0.05, 0) is 30.2 Å². The van der Waals surface area contributed by atoms with Crippen LogP contribution < -0.4 is 5.32 Å². The first kappa shape index (κ1) is 12.2. The Bertz CT molecular complexity index is 591. The fourth-order valence-electron chi connectivity index (χ4n) is 2.14. The zero-order valence-electron chi connectivity index (χ0n) is 10.5. The summed E-state index contributed by atoms with van der Waals surface area (Å²) in [6, 6.07) is 11.2. The molecular weight excluding hydrogens is 224 g/mol. The van der Waals surface area contributed by atoms with Crippen LogP contribution in [0.3, 0.4) is 0 Å². The average molecular weight is 240 g/mol. The highest BCUT2D eigenvalue weighted by atomic mass is 16.3. The monoisotopic (exact) mass is 240 g/mol. The zero-order chi connectivity index (χ0) is 13.1. The van der Waals surface area contributed by atoms with Crippen LogP contribution in [0.5, 0.6) is 5.75 Å². The lowest BCUT2D eigenvalue weighted by atomic mass is 9.96. The molecule has 0 radical (unpaired) electrons. The summed E-state index contributed by atoms with van der Waals surface area (Å²) in [5.74, 6) is 0.269. The number of phenols is 1. The SMILES string of the molecule is CNc1c(C=N)cccc1-c1ccc(O)cc1C. The molecule has 0 spiro atoms. The molecule has 18 heavy (non-hydrogen) atoms. The molecule has 0 fully saturated rings. The second-order valence-corrected chi connectivity index (χ2v) is 4.16. The topological polar surface area (TPSA) is 56.1 Å². The van der Waals surface area contributed by atoms with E-state index in [-0.39, 0.29) is 5.75 Å². The number of benzene rings is 2. The van der Waals surface area contributed by atoms with E-state index in [2.05, 4.69) is 5.32 Å². The molecular formula is C15H16N2O. The molecule has 0 atom stereocenters. The lowest BCUT2D eigenvalue weighted by Gasteiger charge is -2.14. The van der Waals surface area contributed by atoms with Gasteiger partial charge in [-0.25, -0.2) is 0 Å². The van der Waals surface area contributed by atoms with Gasteiger partial charge in [-0.15, -0.1) is 0 Å². The van der Waals surface area contributed by atoms with Crippen molar-refractivity contribution >= 4 is 11.9 Å². The summed E-state index contributed by atoms with van der Waals surface area (Å²) < 4.78 is 0.